The highest BCUT2D eigenvalue weighted by Gasteiger charge is 2.24. The number of pyridine rings is 1. The molecule has 0 amide bonds. The van der Waals surface area contributed by atoms with E-state index < -0.39 is 4.92 Å². The molecule has 0 spiro atoms. The molecule has 2 aromatic rings. The first-order chi connectivity index (χ1) is 10.1. The smallest absolute Gasteiger partial charge is 0.295 e. The van der Waals surface area contributed by atoms with Crippen molar-refractivity contribution in [2.45, 2.75) is 0 Å². The molecule has 110 valence electrons. The van der Waals surface area contributed by atoms with E-state index in [1.165, 1.54) is 39.7 Å². The summed E-state index contributed by atoms with van der Waals surface area (Å²) in [7, 11) is 4.44. The molecule has 1 aromatic carbocycles. The Balaban J connectivity index is 2.76. The number of benzene rings is 1. The van der Waals surface area contributed by atoms with Crippen LogP contribution in [0.2, 0.25) is 0 Å². The van der Waals surface area contributed by atoms with E-state index in [2.05, 4.69) is 4.98 Å². The van der Waals surface area contributed by atoms with Crippen molar-refractivity contribution < 1.29 is 19.1 Å². The lowest BCUT2D eigenvalue weighted by molar-refractivity contribution is -0.384. The van der Waals surface area contributed by atoms with E-state index in [4.69, 9.17) is 14.2 Å². The molecular formula is C14H14N2O5. The van der Waals surface area contributed by atoms with Gasteiger partial charge in [0.25, 0.3) is 5.69 Å². The third-order valence-electron chi connectivity index (χ3n) is 2.93. The molecule has 0 N–H and O–H groups in total. The zero-order valence-corrected chi connectivity index (χ0v) is 11.8. The van der Waals surface area contributed by atoms with Crippen LogP contribution in [0.4, 0.5) is 5.69 Å². The van der Waals surface area contributed by atoms with Gasteiger partial charge >= 0.3 is 0 Å². The van der Waals surface area contributed by atoms with Gasteiger partial charge in [0.15, 0.2) is 5.69 Å². The van der Waals surface area contributed by atoms with Gasteiger partial charge in [-0.2, -0.15) is 0 Å². The highest BCUT2D eigenvalue weighted by molar-refractivity contribution is 5.81. The molecule has 0 aliphatic heterocycles. The fourth-order valence-corrected chi connectivity index (χ4v) is 1.98. The minimum Gasteiger partial charge on any atom is -0.496 e. The van der Waals surface area contributed by atoms with Crippen molar-refractivity contribution in [3.05, 3.63) is 40.6 Å². The highest BCUT2D eigenvalue weighted by atomic mass is 16.6. The molecule has 7 nitrogen and oxygen atoms in total. The van der Waals surface area contributed by atoms with Crippen LogP contribution >= 0.6 is 0 Å². The molecular weight excluding hydrogens is 276 g/mol. The van der Waals surface area contributed by atoms with Crippen LogP contribution in [0.25, 0.3) is 11.3 Å². The van der Waals surface area contributed by atoms with Gasteiger partial charge in [-0.3, -0.25) is 10.1 Å². The molecule has 7 heteroatoms. The zero-order chi connectivity index (χ0) is 15.4. The molecule has 0 saturated carbocycles. The third kappa shape index (κ3) is 2.71. The van der Waals surface area contributed by atoms with Crippen LogP contribution in [0.5, 0.6) is 17.2 Å². The summed E-state index contributed by atoms with van der Waals surface area (Å²) in [5.74, 6) is 1.28. The maximum Gasteiger partial charge on any atom is 0.295 e. The normalized spacial score (nSPS) is 10.0. The number of aromatic nitrogens is 1. The largest absolute Gasteiger partial charge is 0.496 e. The van der Waals surface area contributed by atoms with Crippen LogP contribution in [0, 0.1) is 10.1 Å². The van der Waals surface area contributed by atoms with Gasteiger partial charge in [-0.25, -0.2) is 4.98 Å². The number of nitrogens with zero attached hydrogens (tertiary/aromatic N) is 2. The average molecular weight is 290 g/mol. The van der Waals surface area contributed by atoms with E-state index in [1.54, 1.807) is 12.1 Å². The Kier molecular flexibility index (Phi) is 4.22. The lowest BCUT2D eigenvalue weighted by Gasteiger charge is -2.14. The average Bonchev–Trinajstić information content (AvgIpc) is 2.53. The number of methoxy groups -OCH3 is 3. The van der Waals surface area contributed by atoms with Gasteiger partial charge < -0.3 is 14.2 Å². The molecule has 1 heterocycles. The van der Waals surface area contributed by atoms with E-state index >= 15 is 0 Å². The molecule has 0 atom stereocenters. The van der Waals surface area contributed by atoms with Gasteiger partial charge in [0, 0.05) is 24.4 Å². The van der Waals surface area contributed by atoms with Gasteiger partial charge in [0.2, 0.25) is 0 Å². The Morgan fingerprint density at radius 1 is 1.10 bits per heavy atom. The van der Waals surface area contributed by atoms with Gasteiger partial charge in [0.05, 0.1) is 31.8 Å². The van der Waals surface area contributed by atoms with Crippen LogP contribution < -0.4 is 14.2 Å². The van der Waals surface area contributed by atoms with E-state index in [-0.39, 0.29) is 11.4 Å². The number of rotatable bonds is 5. The Morgan fingerprint density at radius 2 is 1.71 bits per heavy atom. The van der Waals surface area contributed by atoms with Crippen molar-refractivity contribution in [2.75, 3.05) is 21.3 Å². The summed E-state index contributed by atoms with van der Waals surface area (Å²) in [6.45, 7) is 0. The van der Waals surface area contributed by atoms with Crippen molar-refractivity contribution in [2.24, 2.45) is 0 Å². The first-order valence-electron chi connectivity index (χ1n) is 6.02. The topological polar surface area (TPSA) is 83.7 Å². The zero-order valence-electron chi connectivity index (χ0n) is 11.8. The van der Waals surface area contributed by atoms with Crippen molar-refractivity contribution in [3.8, 4) is 28.5 Å². The van der Waals surface area contributed by atoms with Crippen molar-refractivity contribution >= 4 is 5.69 Å². The first kappa shape index (κ1) is 14.6. The third-order valence-corrected chi connectivity index (χ3v) is 2.93. The quantitative estimate of drug-likeness (QED) is 0.621. The summed E-state index contributed by atoms with van der Waals surface area (Å²) in [6, 6.07) is 6.13. The van der Waals surface area contributed by atoms with E-state index in [9.17, 15) is 10.1 Å². The molecule has 0 radical (unpaired) electrons. The number of nitro groups is 1. The molecule has 0 aliphatic rings. The summed E-state index contributed by atoms with van der Waals surface area (Å²) < 4.78 is 15.7. The van der Waals surface area contributed by atoms with Crippen LogP contribution in [-0.2, 0) is 0 Å². The second kappa shape index (κ2) is 6.08. The summed E-state index contributed by atoms with van der Waals surface area (Å²) in [6.07, 6.45) is 1.48. The van der Waals surface area contributed by atoms with Crippen molar-refractivity contribution in [3.63, 3.8) is 0 Å². The Labute approximate surface area is 121 Å². The summed E-state index contributed by atoms with van der Waals surface area (Å²) in [5, 5.41) is 11.2. The van der Waals surface area contributed by atoms with Crippen LogP contribution in [-0.4, -0.2) is 31.2 Å². The molecule has 0 fully saturated rings. The van der Waals surface area contributed by atoms with Crippen LogP contribution in [0.15, 0.2) is 30.5 Å². The molecule has 1 aromatic heterocycles. The van der Waals surface area contributed by atoms with Crippen LogP contribution in [0.3, 0.4) is 0 Å². The summed E-state index contributed by atoms with van der Waals surface area (Å²) in [5.41, 5.74) is 0.464. The van der Waals surface area contributed by atoms with Crippen molar-refractivity contribution in [1.82, 2.24) is 4.98 Å². The number of hydrogen-bond donors (Lipinski definition) is 0. The second-order valence-electron chi connectivity index (χ2n) is 4.04. The van der Waals surface area contributed by atoms with Gasteiger partial charge in [-0.1, -0.05) is 0 Å². The summed E-state index contributed by atoms with van der Waals surface area (Å²) in [4.78, 5) is 14.8. The highest BCUT2D eigenvalue weighted by Crippen LogP contribution is 2.43. The first-order valence-corrected chi connectivity index (χ1v) is 6.02. The molecule has 21 heavy (non-hydrogen) atoms. The molecule has 0 saturated heterocycles. The fourth-order valence-electron chi connectivity index (χ4n) is 1.98. The second-order valence-corrected chi connectivity index (χ2v) is 4.04. The Hall–Kier alpha value is -2.83. The molecule has 0 aliphatic carbocycles. The molecule has 2 rings (SSSR count). The predicted octanol–water partition coefficient (Wildman–Crippen LogP) is 2.68. The summed E-state index contributed by atoms with van der Waals surface area (Å²) >= 11 is 0. The maximum atomic E-state index is 11.2. The lowest BCUT2D eigenvalue weighted by Crippen LogP contribution is -1.99. The van der Waals surface area contributed by atoms with E-state index in [0.717, 1.165) is 0 Å². The number of ether oxygens (including phenoxy) is 3. The van der Waals surface area contributed by atoms with E-state index in [0.29, 0.717) is 22.8 Å². The SMILES string of the molecule is COc1cc(OC)c(-c2ncccc2[N+](=O)[O-])c(OC)c1. The maximum absolute atomic E-state index is 11.2. The minimum atomic E-state index is -0.495. The van der Waals surface area contributed by atoms with Gasteiger partial charge in [-0.05, 0) is 6.07 Å². The lowest BCUT2D eigenvalue weighted by atomic mass is 10.1. The standard InChI is InChI=1S/C14H14N2O5/c1-19-9-7-11(20-2)13(12(8-9)21-3)14-10(16(17)18)5-4-6-15-14/h4-8H,1-3H3. The molecule has 0 unspecified atom stereocenters. The van der Waals surface area contributed by atoms with Gasteiger partial charge in [-0.15, -0.1) is 0 Å². The van der Waals surface area contributed by atoms with Crippen LogP contribution in [0.1, 0.15) is 0 Å². The fraction of sp³-hybridized carbons (Fsp3) is 0.214. The minimum absolute atomic E-state index is 0.126. The molecule has 0 bridgehead atoms. The van der Waals surface area contributed by atoms with Gasteiger partial charge in [0.1, 0.15) is 17.2 Å². The van der Waals surface area contributed by atoms with Crippen molar-refractivity contribution in [1.29, 1.82) is 0 Å². The Bertz CT molecular complexity index is 647. The van der Waals surface area contributed by atoms with E-state index in [1.807, 2.05) is 0 Å². The Morgan fingerprint density at radius 3 is 2.19 bits per heavy atom. The number of hydrogen-bond acceptors (Lipinski definition) is 6. The predicted molar refractivity (Wildman–Crippen MR) is 76.0 cm³/mol. The monoisotopic (exact) mass is 290 g/mol.